The van der Waals surface area contributed by atoms with Crippen LogP contribution in [0.4, 0.5) is 20.8 Å². The second kappa shape index (κ2) is 8.86. The zero-order valence-corrected chi connectivity index (χ0v) is 17.7. The first-order chi connectivity index (χ1) is 13.7. The highest BCUT2D eigenvalue weighted by Gasteiger charge is 2.26. The fourth-order valence-electron chi connectivity index (χ4n) is 2.99. The molecule has 3 rings (SSSR count). The Morgan fingerprint density at radius 1 is 1.21 bits per heavy atom. The number of carbonyl (C=O) groups is 1. The van der Waals surface area contributed by atoms with E-state index in [4.69, 9.17) is 16.3 Å². The second-order valence-corrected chi connectivity index (χ2v) is 8.36. The molecule has 0 spiro atoms. The summed E-state index contributed by atoms with van der Waals surface area (Å²) in [5.74, 6) is 1.13. The van der Waals surface area contributed by atoms with Gasteiger partial charge in [-0.3, -0.25) is 0 Å². The maximum absolute atomic E-state index is 13.9. The van der Waals surface area contributed by atoms with Crippen LogP contribution in [0.5, 0.6) is 0 Å². The molecule has 0 atom stereocenters. The summed E-state index contributed by atoms with van der Waals surface area (Å²) in [5.41, 5.74) is 0.0202. The van der Waals surface area contributed by atoms with Gasteiger partial charge in [0, 0.05) is 43.3 Å². The molecule has 2 heterocycles. The first-order valence-electron chi connectivity index (χ1n) is 9.59. The third kappa shape index (κ3) is 5.97. The van der Waals surface area contributed by atoms with Crippen LogP contribution in [0.3, 0.4) is 0 Å². The number of rotatable bonds is 4. The van der Waals surface area contributed by atoms with Gasteiger partial charge in [0.1, 0.15) is 23.1 Å². The summed E-state index contributed by atoms with van der Waals surface area (Å²) in [7, 11) is 0. The Kier molecular flexibility index (Phi) is 6.47. The minimum absolute atomic E-state index is 0.287. The van der Waals surface area contributed by atoms with Gasteiger partial charge in [-0.25, -0.2) is 14.2 Å². The van der Waals surface area contributed by atoms with Crippen molar-refractivity contribution in [2.45, 2.75) is 32.9 Å². The fourth-order valence-corrected chi connectivity index (χ4v) is 3.15. The fraction of sp³-hybridized carbons (Fsp3) is 0.429. The molecule has 1 aliphatic rings. The van der Waals surface area contributed by atoms with Crippen LogP contribution in [0, 0.1) is 5.82 Å². The number of aromatic nitrogens is 1. The lowest BCUT2D eigenvalue weighted by atomic mass is 10.2. The van der Waals surface area contributed by atoms with E-state index in [9.17, 15) is 9.18 Å². The van der Waals surface area contributed by atoms with Crippen LogP contribution in [0.1, 0.15) is 26.3 Å². The Morgan fingerprint density at radius 2 is 1.93 bits per heavy atom. The Hall–Kier alpha value is -2.54. The molecule has 0 radical (unpaired) electrons. The van der Waals surface area contributed by atoms with Crippen LogP contribution in [0.25, 0.3) is 0 Å². The van der Waals surface area contributed by atoms with Crippen LogP contribution in [-0.4, -0.2) is 47.8 Å². The average molecular weight is 421 g/mol. The van der Waals surface area contributed by atoms with Crippen LogP contribution >= 0.6 is 11.6 Å². The van der Waals surface area contributed by atoms with Gasteiger partial charge in [0.05, 0.1) is 0 Å². The maximum Gasteiger partial charge on any atom is 0.410 e. The highest BCUT2D eigenvalue weighted by atomic mass is 35.5. The lowest BCUT2D eigenvalue weighted by Gasteiger charge is -2.36. The molecule has 2 aromatic rings. The Morgan fingerprint density at radius 3 is 2.59 bits per heavy atom. The summed E-state index contributed by atoms with van der Waals surface area (Å²) in [6.45, 7) is 8.38. The van der Waals surface area contributed by atoms with Gasteiger partial charge in [-0.1, -0.05) is 23.7 Å². The van der Waals surface area contributed by atoms with Crippen molar-refractivity contribution in [1.82, 2.24) is 9.88 Å². The van der Waals surface area contributed by atoms with Gasteiger partial charge in [-0.2, -0.15) is 0 Å². The Balaban J connectivity index is 1.57. The average Bonchev–Trinajstić information content (AvgIpc) is 2.66. The number of benzene rings is 1. The van der Waals surface area contributed by atoms with Crippen molar-refractivity contribution in [2.24, 2.45) is 0 Å². The number of pyridine rings is 1. The van der Waals surface area contributed by atoms with Gasteiger partial charge in [-0.05, 0) is 45.0 Å². The van der Waals surface area contributed by atoms with E-state index in [1.54, 1.807) is 17.0 Å². The number of halogens is 2. The molecule has 1 aliphatic heterocycles. The van der Waals surface area contributed by atoms with Gasteiger partial charge < -0.3 is 19.9 Å². The van der Waals surface area contributed by atoms with E-state index in [0.29, 0.717) is 49.1 Å². The van der Waals surface area contributed by atoms with E-state index in [2.05, 4.69) is 15.2 Å². The van der Waals surface area contributed by atoms with Crippen molar-refractivity contribution in [1.29, 1.82) is 0 Å². The highest BCUT2D eigenvalue weighted by Crippen LogP contribution is 2.20. The van der Waals surface area contributed by atoms with Crippen molar-refractivity contribution in [2.75, 3.05) is 36.4 Å². The number of amides is 1. The lowest BCUT2D eigenvalue weighted by molar-refractivity contribution is 0.0240. The first kappa shape index (κ1) is 21.2. The van der Waals surface area contributed by atoms with Gasteiger partial charge in [0.15, 0.2) is 0 Å². The van der Waals surface area contributed by atoms with E-state index in [-0.39, 0.29) is 11.9 Å². The molecule has 1 aromatic carbocycles. The van der Waals surface area contributed by atoms with Crippen molar-refractivity contribution in [3.8, 4) is 0 Å². The molecular formula is C21H26ClFN4O2. The molecule has 0 saturated carbocycles. The van der Waals surface area contributed by atoms with Crippen molar-refractivity contribution in [3.05, 3.63) is 52.8 Å². The molecule has 6 nitrogen and oxygen atoms in total. The minimum Gasteiger partial charge on any atom is -0.444 e. The van der Waals surface area contributed by atoms with Gasteiger partial charge in [-0.15, -0.1) is 0 Å². The minimum atomic E-state index is -0.501. The predicted molar refractivity (Wildman–Crippen MR) is 113 cm³/mol. The van der Waals surface area contributed by atoms with Gasteiger partial charge in [0.25, 0.3) is 0 Å². The summed E-state index contributed by atoms with van der Waals surface area (Å²) >= 11 is 5.79. The van der Waals surface area contributed by atoms with Crippen LogP contribution in [0.15, 0.2) is 36.4 Å². The third-order valence-electron chi connectivity index (χ3n) is 4.46. The molecule has 29 heavy (non-hydrogen) atoms. The molecule has 156 valence electrons. The SMILES string of the molecule is CC(C)(C)OC(=O)N1CCN(c2cccc(NCc3ccc(Cl)cc3F)n2)CC1. The topological polar surface area (TPSA) is 57.7 Å². The van der Waals surface area contributed by atoms with Crippen molar-refractivity contribution < 1.29 is 13.9 Å². The Bertz CT molecular complexity index is 864. The quantitative estimate of drug-likeness (QED) is 0.786. The van der Waals surface area contributed by atoms with Crippen molar-refractivity contribution >= 4 is 29.3 Å². The van der Waals surface area contributed by atoms with Gasteiger partial charge >= 0.3 is 6.09 Å². The molecular weight excluding hydrogens is 395 g/mol. The van der Waals surface area contributed by atoms with E-state index < -0.39 is 5.60 Å². The van der Waals surface area contributed by atoms with Crippen LogP contribution in [0.2, 0.25) is 5.02 Å². The number of nitrogens with zero attached hydrogens (tertiary/aromatic N) is 3. The molecule has 1 N–H and O–H groups in total. The molecule has 1 fully saturated rings. The lowest BCUT2D eigenvalue weighted by Crippen LogP contribution is -2.50. The smallest absolute Gasteiger partial charge is 0.410 e. The zero-order valence-electron chi connectivity index (χ0n) is 16.9. The molecule has 0 aliphatic carbocycles. The summed E-state index contributed by atoms with van der Waals surface area (Å²) in [6.07, 6.45) is -0.287. The number of piperazine rings is 1. The third-order valence-corrected chi connectivity index (χ3v) is 4.70. The van der Waals surface area contributed by atoms with E-state index in [1.165, 1.54) is 6.07 Å². The van der Waals surface area contributed by atoms with Crippen molar-refractivity contribution in [3.63, 3.8) is 0 Å². The summed E-state index contributed by atoms with van der Waals surface area (Å²) < 4.78 is 19.4. The monoisotopic (exact) mass is 420 g/mol. The van der Waals surface area contributed by atoms with E-state index in [0.717, 1.165) is 5.82 Å². The van der Waals surface area contributed by atoms with Gasteiger partial charge in [0.2, 0.25) is 0 Å². The van der Waals surface area contributed by atoms with E-state index >= 15 is 0 Å². The summed E-state index contributed by atoms with van der Waals surface area (Å²) in [4.78, 5) is 20.7. The van der Waals surface area contributed by atoms with Crippen LogP contribution in [-0.2, 0) is 11.3 Å². The first-order valence-corrected chi connectivity index (χ1v) is 9.97. The van der Waals surface area contributed by atoms with E-state index in [1.807, 2.05) is 39.0 Å². The maximum atomic E-state index is 13.9. The summed E-state index contributed by atoms with van der Waals surface area (Å²) in [6, 6.07) is 10.3. The molecule has 1 amide bonds. The molecule has 0 unspecified atom stereocenters. The largest absolute Gasteiger partial charge is 0.444 e. The molecule has 1 saturated heterocycles. The number of ether oxygens (including phenoxy) is 1. The predicted octanol–water partition coefficient (Wildman–Crippen LogP) is 4.54. The molecule has 0 bridgehead atoms. The second-order valence-electron chi connectivity index (χ2n) is 7.92. The number of hydrogen-bond donors (Lipinski definition) is 1. The number of nitrogens with one attached hydrogen (secondary N) is 1. The van der Waals surface area contributed by atoms with Crippen LogP contribution < -0.4 is 10.2 Å². The number of hydrogen-bond acceptors (Lipinski definition) is 5. The normalized spacial score (nSPS) is 14.7. The molecule has 8 heteroatoms. The Labute approximate surface area is 175 Å². The number of anilines is 2. The standard InChI is InChI=1S/C21H26ClFN4O2/c1-21(2,3)29-20(28)27-11-9-26(10-12-27)19-6-4-5-18(25-19)24-14-15-7-8-16(22)13-17(15)23/h4-8,13H,9-12,14H2,1-3H3,(H,24,25). The summed E-state index contributed by atoms with van der Waals surface area (Å²) in [5, 5.41) is 3.52. The molecule has 1 aromatic heterocycles. The number of carbonyl (C=O) groups excluding carboxylic acids is 1. The highest BCUT2D eigenvalue weighted by molar-refractivity contribution is 6.30. The zero-order chi connectivity index (χ0) is 21.0.